The summed E-state index contributed by atoms with van der Waals surface area (Å²) in [4.78, 5) is 39.4. The molecule has 3 aromatic rings. The molecule has 0 bridgehead atoms. The fourth-order valence-electron chi connectivity index (χ4n) is 5.50. The van der Waals surface area contributed by atoms with Crippen molar-refractivity contribution in [1.82, 2.24) is 20.0 Å². The molecule has 0 unspecified atom stereocenters. The number of likely N-dealkylation sites (tertiary alicyclic amines) is 1. The molecule has 0 aliphatic carbocycles. The van der Waals surface area contributed by atoms with Crippen molar-refractivity contribution in [1.29, 1.82) is 0 Å². The monoisotopic (exact) mass is 556 g/mol. The van der Waals surface area contributed by atoms with E-state index in [4.69, 9.17) is 5.10 Å². The third kappa shape index (κ3) is 6.78. The van der Waals surface area contributed by atoms with Gasteiger partial charge in [-0.2, -0.15) is 5.10 Å². The second kappa shape index (κ2) is 11.8. The average molecular weight is 557 g/mol. The first-order chi connectivity index (χ1) is 19.6. The second-order valence-corrected chi connectivity index (χ2v) is 12.3. The first-order valence-corrected chi connectivity index (χ1v) is 14.5. The van der Waals surface area contributed by atoms with Crippen molar-refractivity contribution in [3.63, 3.8) is 0 Å². The van der Waals surface area contributed by atoms with Gasteiger partial charge in [-0.25, -0.2) is 9.48 Å². The maximum atomic E-state index is 13.3. The number of nitrogens with zero attached hydrogens (tertiary/aromatic N) is 3. The van der Waals surface area contributed by atoms with Crippen LogP contribution < -0.4 is 16.0 Å². The van der Waals surface area contributed by atoms with Crippen molar-refractivity contribution in [3.05, 3.63) is 71.4 Å². The summed E-state index contributed by atoms with van der Waals surface area (Å²) in [5, 5.41) is 13.7. The topological polar surface area (TPSA) is 108 Å². The van der Waals surface area contributed by atoms with Crippen LogP contribution in [0.5, 0.6) is 0 Å². The number of benzene rings is 2. The highest BCUT2D eigenvalue weighted by atomic mass is 16.2. The van der Waals surface area contributed by atoms with E-state index in [1.54, 1.807) is 4.68 Å². The zero-order valence-electron chi connectivity index (χ0n) is 24.4. The molecular formula is C32H40N6O3. The molecule has 0 spiro atoms. The van der Waals surface area contributed by atoms with Crippen LogP contribution in [-0.4, -0.2) is 51.7 Å². The Kier molecular flexibility index (Phi) is 8.15. The number of aryl methyl sites for hydroxylation is 1. The number of nitrogens with one attached hydrogen (secondary N) is 3. The standard InChI is InChI=1S/C32H40N6O3/c1-21-9-11-24(12-10-21)38-28(20-27(36-38)32(2,3)4)35-31(41)34-25-8-6-5-7-23(25)19-22-15-17-37(18-16-22)30(40)26-13-14-29(39)33-26/h5-12,20,22,26H,13-19H2,1-4H3,(H,33,39)(H2,34,35,41)/t26-/m1/s1. The Labute approximate surface area is 241 Å². The summed E-state index contributed by atoms with van der Waals surface area (Å²) in [5.41, 5.74) is 4.57. The highest BCUT2D eigenvalue weighted by molar-refractivity contribution is 6.00. The van der Waals surface area contributed by atoms with Gasteiger partial charge in [0.1, 0.15) is 11.9 Å². The first-order valence-electron chi connectivity index (χ1n) is 14.5. The molecule has 216 valence electrons. The highest BCUT2D eigenvalue weighted by Crippen LogP contribution is 2.29. The Morgan fingerprint density at radius 1 is 1.00 bits per heavy atom. The van der Waals surface area contributed by atoms with Gasteiger partial charge >= 0.3 is 6.03 Å². The van der Waals surface area contributed by atoms with Crippen LogP contribution in [0, 0.1) is 12.8 Å². The van der Waals surface area contributed by atoms with Crippen LogP contribution in [0.1, 0.15) is 63.3 Å². The van der Waals surface area contributed by atoms with Crippen molar-refractivity contribution in [2.75, 3.05) is 23.7 Å². The summed E-state index contributed by atoms with van der Waals surface area (Å²) >= 11 is 0. The van der Waals surface area contributed by atoms with E-state index in [1.165, 1.54) is 0 Å². The Balaban J connectivity index is 1.23. The fraction of sp³-hybridized carbons (Fsp3) is 0.438. The van der Waals surface area contributed by atoms with E-state index in [1.807, 2.05) is 60.4 Å². The largest absolute Gasteiger partial charge is 0.344 e. The lowest BCUT2D eigenvalue weighted by atomic mass is 9.89. The molecular weight excluding hydrogens is 516 g/mol. The van der Waals surface area contributed by atoms with Gasteiger partial charge < -0.3 is 15.5 Å². The normalized spacial score (nSPS) is 17.8. The molecule has 2 aliphatic rings. The number of urea groups is 1. The molecule has 2 aliphatic heterocycles. The van der Waals surface area contributed by atoms with Crippen LogP contribution in [0.4, 0.5) is 16.3 Å². The van der Waals surface area contributed by atoms with Gasteiger partial charge in [0, 0.05) is 36.7 Å². The summed E-state index contributed by atoms with van der Waals surface area (Å²) in [7, 11) is 0. The Hall–Kier alpha value is -4.14. The van der Waals surface area contributed by atoms with Crippen LogP contribution >= 0.6 is 0 Å². The van der Waals surface area contributed by atoms with Gasteiger partial charge in [-0.1, -0.05) is 56.7 Å². The van der Waals surface area contributed by atoms with E-state index >= 15 is 0 Å². The van der Waals surface area contributed by atoms with Crippen molar-refractivity contribution in [2.45, 2.75) is 71.3 Å². The number of para-hydroxylation sites is 1. The van der Waals surface area contributed by atoms with Crippen LogP contribution in [0.3, 0.4) is 0 Å². The number of carbonyl (C=O) groups excluding carboxylic acids is 3. The van der Waals surface area contributed by atoms with Crippen molar-refractivity contribution in [2.24, 2.45) is 5.92 Å². The molecule has 0 radical (unpaired) electrons. The SMILES string of the molecule is Cc1ccc(-n2nc(C(C)(C)C)cc2NC(=O)Nc2ccccc2CC2CCN(C(=O)[C@H]3CCC(=O)N3)CC2)cc1. The lowest BCUT2D eigenvalue weighted by molar-refractivity contribution is -0.135. The van der Waals surface area contributed by atoms with Crippen LogP contribution in [0.25, 0.3) is 5.69 Å². The molecule has 2 aromatic carbocycles. The van der Waals surface area contributed by atoms with E-state index in [9.17, 15) is 14.4 Å². The number of hydrogen-bond donors (Lipinski definition) is 3. The molecule has 1 atom stereocenters. The van der Waals surface area contributed by atoms with Crippen molar-refractivity contribution < 1.29 is 14.4 Å². The molecule has 1 aromatic heterocycles. The van der Waals surface area contributed by atoms with Gasteiger partial charge in [-0.05, 0) is 62.3 Å². The minimum absolute atomic E-state index is 0.0348. The van der Waals surface area contributed by atoms with Gasteiger partial charge in [0.15, 0.2) is 0 Å². The lowest BCUT2D eigenvalue weighted by Gasteiger charge is -2.33. The molecule has 41 heavy (non-hydrogen) atoms. The number of anilines is 2. The zero-order chi connectivity index (χ0) is 29.1. The van der Waals surface area contributed by atoms with Crippen LogP contribution in [-0.2, 0) is 21.4 Å². The van der Waals surface area contributed by atoms with Gasteiger partial charge in [-0.3, -0.25) is 14.9 Å². The van der Waals surface area contributed by atoms with Gasteiger partial charge in [-0.15, -0.1) is 0 Å². The van der Waals surface area contributed by atoms with Gasteiger partial charge in [0.05, 0.1) is 11.4 Å². The molecule has 2 fully saturated rings. The number of hydrogen-bond acceptors (Lipinski definition) is 4. The molecule has 9 heteroatoms. The Bertz CT molecular complexity index is 1410. The predicted molar refractivity (Wildman–Crippen MR) is 160 cm³/mol. The molecule has 5 rings (SSSR count). The van der Waals surface area contributed by atoms with Crippen LogP contribution in [0.2, 0.25) is 0 Å². The summed E-state index contributed by atoms with van der Waals surface area (Å²) in [6, 6.07) is 17.2. The molecule has 3 heterocycles. The van der Waals surface area contributed by atoms with E-state index < -0.39 is 0 Å². The van der Waals surface area contributed by atoms with Gasteiger partial charge in [0.2, 0.25) is 11.8 Å². The molecule has 2 saturated heterocycles. The number of aromatic nitrogens is 2. The number of amides is 4. The smallest absolute Gasteiger partial charge is 0.324 e. The first kappa shape index (κ1) is 28.4. The third-order valence-corrected chi connectivity index (χ3v) is 7.99. The summed E-state index contributed by atoms with van der Waals surface area (Å²) in [6.07, 6.45) is 3.60. The third-order valence-electron chi connectivity index (χ3n) is 7.99. The second-order valence-electron chi connectivity index (χ2n) is 12.3. The Morgan fingerprint density at radius 2 is 1.71 bits per heavy atom. The lowest BCUT2D eigenvalue weighted by Crippen LogP contribution is -2.47. The predicted octanol–water partition coefficient (Wildman–Crippen LogP) is 5.18. The molecule has 0 saturated carbocycles. The minimum Gasteiger partial charge on any atom is -0.344 e. The van der Waals surface area contributed by atoms with Crippen molar-refractivity contribution >= 4 is 29.4 Å². The minimum atomic E-state index is -0.371. The maximum Gasteiger partial charge on any atom is 0.324 e. The Morgan fingerprint density at radius 3 is 2.37 bits per heavy atom. The molecule has 4 amide bonds. The number of carbonyl (C=O) groups is 3. The fourth-order valence-corrected chi connectivity index (χ4v) is 5.50. The number of rotatable bonds is 6. The van der Waals surface area contributed by atoms with Gasteiger partial charge in [0.25, 0.3) is 0 Å². The van der Waals surface area contributed by atoms with E-state index in [2.05, 4.69) is 42.8 Å². The van der Waals surface area contributed by atoms with Crippen molar-refractivity contribution in [3.8, 4) is 5.69 Å². The maximum absolute atomic E-state index is 13.3. The summed E-state index contributed by atoms with van der Waals surface area (Å²) in [6.45, 7) is 9.71. The van der Waals surface area contributed by atoms with E-state index in [-0.39, 0.29) is 29.3 Å². The summed E-state index contributed by atoms with van der Waals surface area (Å²) in [5.74, 6) is 0.998. The van der Waals surface area contributed by atoms with E-state index in [0.29, 0.717) is 37.7 Å². The highest BCUT2D eigenvalue weighted by Gasteiger charge is 2.33. The number of piperidine rings is 1. The quantitative estimate of drug-likeness (QED) is 0.389. The zero-order valence-corrected chi connectivity index (χ0v) is 24.4. The van der Waals surface area contributed by atoms with E-state index in [0.717, 1.165) is 47.5 Å². The molecule has 3 N–H and O–H groups in total. The van der Waals surface area contributed by atoms with Crippen LogP contribution in [0.15, 0.2) is 54.6 Å². The average Bonchev–Trinajstić information content (AvgIpc) is 3.57. The summed E-state index contributed by atoms with van der Waals surface area (Å²) < 4.78 is 1.78. The molecule has 9 nitrogen and oxygen atoms in total.